The van der Waals surface area contributed by atoms with E-state index in [-0.39, 0.29) is 6.10 Å². The lowest BCUT2D eigenvalue weighted by molar-refractivity contribution is 0.0910. The Morgan fingerprint density at radius 2 is 2.00 bits per heavy atom. The zero-order valence-electron chi connectivity index (χ0n) is 13.5. The van der Waals surface area contributed by atoms with Crippen LogP contribution in [0.25, 0.3) is 0 Å². The Bertz CT molecular complexity index is 414. The molecule has 0 radical (unpaired) electrons. The van der Waals surface area contributed by atoms with Crippen LogP contribution in [0.15, 0.2) is 4.42 Å². The molecule has 0 aromatic carbocycles. The summed E-state index contributed by atoms with van der Waals surface area (Å²) in [4.78, 5) is 4.62. The van der Waals surface area contributed by atoms with Gasteiger partial charge >= 0.3 is 0 Å². The minimum atomic E-state index is -0.227. The fraction of sp³-hybridized carbons (Fsp3) is 0.867. The number of nitrogens with zero attached hydrogens (tertiary/aromatic N) is 4. The molecule has 120 valence electrons. The number of hydrogen-bond donors (Lipinski definition) is 1. The van der Waals surface area contributed by atoms with Crippen molar-refractivity contribution in [3.63, 3.8) is 0 Å². The highest BCUT2D eigenvalue weighted by atomic mass is 16.4. The summed E-state index contributed by atoms with van der Waals surface area (Å²) < 4.78 is 5.55. The van der Waals surface area contributed by atoms with E-state index in [4.69, 9.17) is 4.42 Å². The van der Waals surface area contributed by atoms with Crippen molar-refractivity contribution in [3.8, 4) is 0 Å². The monoisotopic (exact) mass is 296 g/mol. The third-order valence-electron chi connectivity index (χ3n) is 4.02. The number of aryl methyl sites for hydroxylation is 1. The summed E-state index contributed by atoms with van der Waals surface area (Å²) in [5.74, 6) is 2.14. The molecular weight excluding hydrogens is 268 g/mol. The Labute approximate surface area is 127 Å². The molecule has 0 spiro atoms. The fourth-order valence-electron chi connectivity index (χ4n) is 2.96. The quantitative estimate of drug-likeness (QED) is 0.814. The molecule has 0 amide bonds. The number of rotatable bonds is 7. The van der Waals surface area contributed by atoms with Crippen molar-refractivity contribution in [1.29, 1.82) is 0 Å². The van der Waals surface area contributed by atoms with Crippen LogP contribution in [0, 0.1) is 5.92 Å². The van der Waals surface area contributed by atoms with E-state index in [2.05, 4.69) is 27.0 Å². The molecule has 1 aromatic rings. The summed E-state index contributed by atoms with van der Waals surface area (Å²) in [6, 6.07) is 0. The lowest BCUT2D eigenvalue weighted by Crippen LogP contribution is -2.40. The van der Waals surface area contributed by atoms with Gasteiger partial charge in [0.15, 0.2) is 0 Å². The Morgan fingerprint density at radius 3 is 2.57 bits per heavy atom. The summed E-state index contributed by atoms with van der Waals surface area (Å²) in [5.41, 5.74) is 0. The Morgan fingerprint density at radius 1 is 1.33 bits per heavy atom. The molecule has 6 nitrogen and oxygen atoms in total. The van der Waals surface area contributed by atoms with E-state index < -0.39 is 0 Å². The standard InChI is InChI=1S/C15H28N4O2/c1-4-14-16-17-15(21-14)11-18(3)10-13-5-7-19(8-6-13)9-12(2)20/h12-13,20H,4-11H2,1-3H3/t12-/m1/s1. The van der Waals surface area contributed by atoms with E-state index in [1.54, 1.807) is 0 Å². The van der Waals surface area contributed by atoms with E-state index in [1.807, 2.05) is 13.8 Å². The van der Waals surface area contributed by atoms with Crippen LogP contribution in [0.5, 0.6) is 0 Å². The molecule has 0 aliphatic carbocycles. The van der Waals surface area contributed by atoms with Gasteiger partial charge in [-0.15, -0.1) is 10.2 Å². The summed E-state index contributed by atoms with van der Waals surface area (Å²) >= 11 is 0. The Kier molecular flexibility index (Phi) is 6.14. The van der Waals surface area contributed by atoms with Gasteiger partial charge in [-0.25, -0.2) is 0 Å². The first-order valence-electron chi connectivity index (χ1n) is 7.97. The molecule has 1 atom stereocenters. The van der Waals surface area contributed by atoms with Gasteiger partial charge < -0.3 is 14.4 Å². The van der Waals surface area contributed by atoms with E-state index in [1.165, 1.54) is 12.8 Å². The predicted molar refractivity (Wildman–Crippen MR) is 80.9 cm³/mol. The second kappa shape index (κ2) is 7.87. The first kappa shape index (κ1) is 16.4. The van der Waals surface area contributed by atoms with Crippen LogP contribution in [-0.4, -0.2) is 64.4 Å². The highest BCUT2D eigenvalue weighted by Crippen LogP contribution is 2.19. The number of aliphatic hydroxyl groups excluding tert-OH is 1. The molecule has 1 fully saturated rings. The van der Waals surface area contributed by atoms with Crippen molar-refractivity contribution in [2.24, 2.45) is 5.92 Å². The molecule has 0 bridgehead atoms. The molecule has 2 heterocycles. The van der Waals surface area contributed by atoms with Gasteiger partial charge in [-0.3, -0.25) is 4.90 Å². The summed E-state index contributed by atoms with van der Waals surface area (Å²) in [7, 11) is 2.11. The van der Waals surface area contributed by atoms with Gasteiger partial charge in [0.2, 0.25) is 11.8 Å². The van der Waals surface area contributed by atoms with Crippen LogP contribution in [-0.2, 0) is 13.0 Å². The lowest BCUT2D eigenvalue weighted by atomic mass is 9.96. The lowest BCUT2D eigenvalue weighted by Gasteiger charge is -2.34. The van der Waals surface area contributed by atoms with Crippen molar-refractivity contribution < 1.29 is 9.52 Å². The smallest absolute Gasteiger partial charge is 0.230 e. The summed E-state index contributed by atoms with van der Waals surface area (Å²) in [5, 5.41) is 17.5. The van der Waals surface area contributed by atoms with Gasteiger partial charge in [0, 0.05) is 19.5 Å². The molecule has 1 saturated heterocycles. The van der Waals surface area contributed by atoms with Crippen LogP contribution in [0.2, 0.25) is 0 Å². The summed E-state index contributed by atoms with van der Waals surface area (Å²) in [6.07, 6.45) is 2.95. The van der Waals surface area contributed by atoms with Crippen LogP contribution < -0.4 is 0 Å². The normalized spacial score (nSPS) is 19.3. The van der Waals surface area contributed by atoms with Gasteiger partial charge in [-0.05, 0) is 45.8 Å². The molecular formula is C15H28N4O2. The average Bonchev–Trinajstić information content (AvgIpc) is 2.88. The SMILES string of the molecule is CCc1nnc(CN(C)CC2CCN(C[C@@H](C)O)CC2)o1. The predicted octanol–water partition coefficient (Wildman–Crippen LogP) is 1.16. The average molecular weight is 296 g/mol. The van der Waals surface area contributed by atoms with E-state index in [0.29, 0.717) is 17.7 Å². The molecule has 2 rings (SSSR count). The number of hydrogen-bond acceptors (Lipinski definition) is 6. The molecule has 0 unspecified atom stereocenters. The number of likely N-dealkylation sites (tertiary alicyclic amines) is 1. The first-order valence-corrected chi connectivity index (χ1v) is 7.97. The van der Waals surface area contributed by atoms with Crippen molar-refractivity contribution in [2.75, 3.05) is 33.2 Å². The number of aromatic nitrogens is 2. The highest BCUT2D eigenvalue weighted by Gasteiger charge is 2.21. The third-order valence-corrected chi connectivity index (χ3v) is 4.02. The van der Waals surface area contributed by atoms with Crippen molar-refractivity contribution in [1.82, 2.24) is 20.0 Å². The van der Waals surface area contributed by atoms with Crippen LogP contribution >= 0.6 is 0 Å². The molecule has 1 aliphatic heterocycles. The largest absolute Gasteiger partial charge is 0.424 e. The van der Waals surface area contributed by atoms with Crippen LogP contribution in [0.1, 0.15) is 38.5 Å². The molecule has 1 aromatic heterocycles. The number of β-amino-alcohol motifs (C(OH)–C–C–N with tert-alkyl or cyclic N) is 1. The third kappa shape index (κ3) is 5.37. The topological polar surface area (TPSA) is 65.6 Å². The van der Waals surface area contributed by atoms with E-state index in [9.17, 15) is 5.11 Å². The molecule has 1 N–H and O–H groups in total. The Hall–Kier alpha value is -0.980. The maximum Gasteiger partial charge on any atom is 0.230 e. The van der Waals surface area contributed by atoms with Crippen LogP contribution in [0.3, 0.4) is 0 Å². The summed E-state index contributed by atoms with van der Waals surface area (Å²) in [6.45, 7) is 8.63. The molecule has 1 aliphatic rings. The second-order valence-electron chi connectivity index (χ2n) is 6.23. The van der Waals surface area contributed by atoms with Crippen molar-refractivity contribution >= 4 is 0 Å². The van der Waals surface area contributed by atoms with E-state index in [0.717, 1.165) is 39.1 Å². The van der Waals surface area contributed by atoms with Crippen molar-refractivity contribution in [2.45, 2.75) is 45.8 Å². The zero-order valence-corrected chi connectivity index (χ0v) is 13.5. The van der Waals surface area contributed by atoms with Gasteiger partial charge in [0.25, 0.3) is 0 Å². The fourth-order valence-corrected chi connectivity index (χ4v) is 2.96. The molecule has 0 saturated carbocycles. The zero-order chi connectivity index (χ0) is 15.2. The van der Waals surface area contributed by atoms with E-state index >= 15 is 0 Å². The molecule has 6 heteroatoms. The Balaban J connectivity index is 1.70. The van der Waals surface area contributed by atoms with Gasteiger partial charge in [-0.2, -0.15) is 0 Å². The highest BCUT2D eigenvalue weighted by molar-refractivity contribution is 4.82. The molecule has 21 heavy (non-hydrogen) atoms. The van der Waals surface area contributed by atoms with Crippen molar-refractivity contribution in [3.05, 3.63) is 11.8 Å². The first-order chi connectivity index (χ1) is 10.1. The van der Waals surface area contributed by atoms with Gasteiger partial charge in [0.1, 0.15) is 0 Å². The maximum atomic E-state index is 9.43. The van der Waals surface area contributed by atoms with Gasteiger partial charge in [0.05, 0.1) is 12.6 Å². The number of piperidine rings is 1. The minimum Gasteiger partial charge on any atom is -0.424 e. The number of aliphatic hydroxyl groups is 1. The minimum absolute atomic E-state index is 0.227. The second-order valence-corrected chi connectivity index (χ2v) is 6.23. The maximum absolute atomic E-state index is 9.43. The van der Waals surface area contributed by atoms with Crippen LogP contribution in [0.4, 0.5) is 0 Å². The van der Waals surface area contributed by atoms with Gasteiger partial charge in [-0.1, -0.05) is 6.92 Å².